The summed E-state index contributed by atoms with van der Waals surface area (Å²) in [6.07, 6.45) is 0. The van der Waals surface area contributed by atoms with Crippen LogP contribution < -0.4 is 21.1 Å². The number of fused-ring (bicyclic) bond motifs is 13. The van der Waals surface area contributed by atoms with Crippen molar-refractivity contribution in [3.05, 3.63) is 114 Å². The quantitative estimate of drug-likeness (QED) is 0.147. The van der Waals surface area contributed by atoms with E-state index < -0.39 is 0 Å². The fourth-order valence-corrected chi connectivity index (χ4v) is 9.55. The maximum Gasteiger partial charge on any atom is 0.256 e. The number of hydrogen-bond acceptors (Lipinski definition) is 1. The van der Waals surface area contributed by atoms with E-state index in [4.69, 9.17) is 4.74 Å². The second-order valence-electron chi connectivity index (χ2n) is 18.7. The van der Waals surface area contributed by atoms with Crippen molar-refractivity contribution in [3.63, 3.8) is 0 Å². The molecule has 0 amide bonds. The summed E-state index contributed by atoms with van der Waals surface area (Å²) in [6, 6.07) is 37.5. The molecule has 0 saturated heterocycles. The number of rotatable bonds is 0. The molecule has 3 aromatic heterocycles. The molecule has 254 valence electrons. The maximum atomic E-state index is 6.74. The predicted octanol–water partition coefficient (Wildman–Crippen LogP) is 10.8. The molecular formula is C48H43BN2O. The summed E-state index contributed by atoms with van der Waals surface area (Å²) in [4.78, 5) is 0. The van der Waals surface area contributed by atoms with Crippen molar-refractivity contribution in [2.45, 2.75) is 78.6 Å². The number of nitrogens with zero attached hydrogens (tertiary/aromatic N) is 2. The van der Waals surface area contributed by atoms with E-state index in [0.29, 0.717) is 0 Å². The minimum atomic E-state index is 0.0190. The van der Waals surface area contributed by atoms with Gasteiger partial charge in [0.2, 0.25) is 0 Å². The van der Waals surface area contributed by atoms with Crippen LogP contribution in [0.5, 0.6) is 11.5 Å². The average Bonchev–Trinajstić information content (AvgIpc) is 3.72. The van der Waals surface area contributed by atoms with Gasteiger partial charge in [-0.3, -0.25) is 0 Å². The van der Waals surface area contributed by atoms with Gasteiger partial charge < -0.3 is 13.7 Å². The van der Waals surface area contributed by atoms with Crippen molar-refractivity contribution in [1.82, 2.24) is 8.97 Å². The maximum absolute atomic E-state index is 6.74. The van der Waals surface area contributed by atoms with E-state index in [2.05, 4.69) is 168 Å². The highest BCUT2D eigenvalue weighted by molar-refractivity contribution is 6.99. The molecule has 0 aliphatic carbocycles. The first-order valence-electron chi connectivity index (χ1n) is 18.9. The SMILES string of the molecule is CC(C)(C)c1ccc2c(c1)B1c3c(cccc3-n3c4cc5c(cc4c4cccc1c43)c1cc(C(C)(C)C)cc3c4cc(C(C)(C)C)ccc4n5c31)O2. The first kappa shape index (κ1) is 30.4. The summed E-state index contributed by atoms with van der Waals surface area (Å²) in [5.41, 5.74) is 15.7. The lowest BCUT2D eigenvalue weighted by atomic mass is 9.34. The lowest BCUT2D eigenvalue weighted by Gasteiger charge is -2.34. The zero-order valence-electron chi connectivity index (χ0n) is 31.6. The van der Waals surface area contributed by atoms with Gasteiger partial charge in [-0.05, 0) is 104 Å². The molecule has 3 nitrogen and oxygen atoms in total. The summed E-state index contributed by atoms with van der Waals surface area (Å²) in [7, 11) is 0. The van der Waals surface area contributed by atoms with E-state index in [1.165, 1.54) is 98.7 Å². The van der Waals surface area contributed by atoms with Crippen LogP contribution in [-0.2, 0) is 16.2 Å². The number of ether oxygens (including phenoxy) is 1. The molecule has 0 fully saturated rings. The normalized spacial score (nSPS) is 14.4. The van der Waals surface area contributed by atoms with E-state index in [-0.39, 0.29) is 23.0 Å². The van der Waals surface area contributed by atoms with Crippen LogP contribution in [0, 0.1) is 0 Å². The molecule has 11 rings (SSSR count). The molecule has 5 heterocycles. The van der Waals surface area contributed by atoms with Gasteiger partial charge in [-0.1, -0.05) is 105 Å². The van der Waals surface area contributed by atoms with Gasteiger partial charge in [-0.25, -0.2) is 0 Å². The fourth-order valence-electron chi connectivity index (χ4n) is 9.55. The number of aromatic nitrogens is 2. The van der Waals surface area contributed by atoms with Crippen molar-refractivity contribution >= 4 is 83.0 Å². The number of benzene rings is 6. The summed E-state index contributed by atoms with van der Waals surface area (Å²) in [5, 5.41) is 7.97. The third-order valence-corrected chi connectivity index (χ3v) is 12.4. The Morgan fingerprint density at radius 3 is 1.83 bits per heavy atom. The summed E-state index contributed by atoms with van der Waals surface area (Å²) < 4.78 is 11.8. The Morgan fingerprint density at radius 2 is 1.10 bits per heavy atom. The van der Waals surface area contributed by atoms with Crippen molar-refractivity contribution in [1.29, 1.82) is 0 Å². The second kappa shape index (κ2) is 9.41. The van der Waals surface area contributed by atoms with Crippen molar-refractivity contribution in [3.8, 4) is 17.2 Å². The monoisotopic (exact) mass is 674 g/mol. The molecular weight excluding hydrogens is 631 g/mol. The molecule has 0 radical (unpaired) electrons. The molecule has 0 spiro atoms. The Hall–Kier alpha value is -5.22. The van der Waals surface area contributed by atoms with Crippen molar-refractivity contribution in [2.75, 3.05) is 0 Å². The van der Waals surface area contributed by atoms with Gasteiger partial charge in [0, 0.05) is 43.5 Å². The zero-order valence-corrected chi connectivity index (χ0v) is 31.6. The highest BCUT2D eigenvalue weighted by atomic mass is 16.5. The Balaban J connectivity index is 1.29. The van der Waals surface area contributed by atoms with Crippen LogP contribution in [0.15, 0.2) is 97.1 Å². The molecule has 2 aliphatic heterocycles. The van der Waals surface area contributed by atoms with Crippen molar-refractivity contribution < 1.29 is 4.74 Å². The minimum absolute atomic E-state index is 0.0190. The Morgan fingerprint density at radius 1 is 0.462 bits per heavy atom. The van der Waals surface area contributed by atoms with Crippen LogP contribution in [-0.4, -0.2) is 15.7 Å². The summed E-state index contributed by atoms with van der Waals surface area (Å²) in [6.45, 7) is 20.9. The molecule has 0 N–H and O–H groups in total. The minimum Gasteiger partial charge on any atom is -0.458 e. The van der Waals surface area contributed by atoms with Crippen LogP contribution in [0.25, 0.3) is 65.6 Å². The van der Waals surface area contributed by atoms with E-state index in [0.717, 1.165) is 11.5 Å². The highest BCUT2D eigenvalue weighted by Crippen LogP contribution is 2.46. The zero-order chi connectivity index (χ0) is 35.8. The molecule has 9 aromatic rings. The topological polar surface area (TPSA) is 18.6 Å². The smallest absolute Gasteiger partial charge is 0.256 e. The van der Waals surface area contributed by atoms with Crippen molar-refractivity contribution in [2.24, 2.45) is 0 Å². The first-order chi connectivity index (χ1) is 24.7. The Bertz CT molecular complexity index is 3040. The Kier molecular flexibility index (Phi) is 5.50. The van der Waals surface area contributed by atoms with E-state index in [1.807, 2.05) is 0 Å². The number of hydrogen-bond donors (Lipinski definition) is 0. The third-order valence-electron chi connectivity index (χ3n) is 12.4. The van der Waals surface area contributed by atoms with Crippen LogP contribution >= 0.6 is 0 Å². The second-order valence-corrected chi connectivity index (χ2v) is 18.7. The van der Waals surface area contributed by atoms with Crippen LogP contribution in [0.3, 0.4) is 0 Å². The van der Waals surface area contributed by atoms with E-state index in [9.17, 15) is 0 Å². The van der Waals surface area contributed by atoms with Gasteiger partial charge in [-0.2, -0.15) is 0 Å². The van der Waals surface area contributed by atoms with E-state index >= 15 is 0 Å². The highest BCUT2D eigenvalue weighted by Gasteiger charge is 2.41. The number of para-hydroxylation sites is 1. The lowest BCUT2D eigenvalue weighted by Crippen LogP contribution is -2.58. The van der Waals surface area contributed by atoms with Gasteiger partial charge in [0.15, 0.2) is 0 Å². The van der Waals surface area contributed by atoms with Gasteiger partial charge in [0.1, 0.15) is 11.5 Å². The van der Waals surface area contributed by atoms with Gasteiger partial charge in [0.05, 0.1) is 22.1 Å². The van der Waals surface area contributed by atoms with E-state index in [1.54, 1.807) is 0 Å². The molecule has 2 aliphatic rings. The third kappa shape index (κ3) is 3.78. The van der Waals surface area contributed by atoms with Crippen LogP contribution in [0.4, 0.5) is 0 Å². The molecule has 52 heavy (non-hydrogen) atoms. The molecule has 6 aromatic carbocycles. The molecule has 0 saturated carbocycles. The summed E-state index contributed by atoms with van der Waals surface area (Å²) >= 11 is 0. The van der Waals surface area contributed by atoms with Gasteiger partial charge >= 0.3 is 0 Å². The standard InChI is InChI=1S/C48H43BN2O/c1-46(2,3)26-16-18-37-30(20-26)33-21-28(48(7,8)9)22-34-32-24-31-29-12-10-13-35-45(29)51(39(31)25-40(32)50(37)44(33)34)38-14-11-15-42-43(38)49(35)36-23-27(47(4,5)6)17-19-41(36)52-42/h10-25H,1-9H3. The Labute approximate surface area is 305 Å². The molecule has 0 unspecified atom stereocenters. The first-order valence-corrected chi connectivity index (χ1v) is 18.9. The fraction of sp³-hybridized carbons (Fsp3) is 0.250. The largest absolute Gasteiger partial charge is 0.458 e. The summed E-state index contributed by atoms with van der Waals surface area (Å²) in [5.74, 6) is 1.92. The van der Waals surface area contributed by atoms with Crippen LogP contribution in [0.1, 0.15) is 79.0 Å². The molecule has 4 heteroatoms. The lowest BCUT2D eigenvalue weighted by molar-refractivity contribution is 0.486. The van der Waals surface area contributed by atoms with Gasteiger partial charge in [0.25, 0.3) is 6.71 Å². The van der Waals surface area contributed by atoms with Gasteiger partial charge in [-0.15, -0.1) is 0 Å². The molecule has 0 bridgehead atoms. The molecule has 0 atom stereocenters. The average molecular weight is 675 g/mol. The van der Waals surface area contributed by atoms with Crippen LogP contribution in [0.2, 0.25) is 0 Å². The predicted molar refractivity (Wildman–Crippen MR) is 223 cm³/mol.